The van der Waals surface area contributed by atoms with E-state index in [0.29, 0.717) is 0 Å². The van der Waals surface area contributed by atoms with Crippen LogP contribution in [0.5, 0.6) is 0 Å². The van der Waals surface area contributed by atoms with Crippen molar-refractivity contribution in [3.63, 3.8) is 0 Å². The molecule has 0 spiro atoms. The molecule has 0 saturated heterocycles. The smallest absolute Gasteiger partial charge is 0.185 e. The van der Waals surface area contributed by atoms with Gasteiger partial charge in [-0.05, 0) is 18.4 Å². The van der Waals surface area contributed by atoms with E-state index in [-0.39, 0.29) is 0 Å². The van der Waals surface area contributed by atoms with Crippen molar-refractivity contribution in [1.82, 2.24) is 4.98 Å². The minimum absolute atomic E-state index is 0.443. The highest BCUT2D eigenvalue weighted by Gasteiger charge is 2.19. The highest BCUT2D eigenvalue weighted by atomic mass is 32.2. The van der Waals surface area contributed by atoms with Crippen molar-refractivity contribution in [2.24, 2.45) is 0 Å². The van der Waals surface area contributed by atoms with E-state index in [1.165, 1.54) is 0 Å². The molecular formula is C15H18N2OS. The minimum atomic E-state index is -0.443. The molecule has 19 heavy (non-hydrogen) atoms. The SMILES string of the molecule is CSc1nc2ccccc2cc1/C=[N+](\[O-])C(C)(C)C. The average molecular weight is 274 g/mol. The fourth-order valence-corrected chi connectivity index (χ4v) is 2.23. The molecule has 0 aliphatic heterocycles. The van der Waals surface area contributed by atoms with Crippen molar-refractivity contribution in [2.45, 2.75) is 31.3 Å². The Hall–Kier alpha value is -1.55. The highest BCUT2D eigenvalue weighted by molar-refractivity contribution is 7.98. The van der Waals surface area contributed by atoms with Gasteiger partial charge >= 0.3 is 0 Å². The maximum Gasteiger partial charge on any atom is 0.185 e. The van der Waals surface area contributed by atoms with Crippen LogP contribution in [0.4, 0.5) is 0 Å². The summed E-state index contributed by atoms with van der Waals surface area (Å²) in [5, 5.41) is 14.0. The van der Waals surface area contributed by atoms with Crippen LogP contribution in [0.3, 0.4) is 0 Å². The van der Waals surface area contributed by atoms with Gasteiger partial charge in [0.05, 0.1) is 11.1 Å². The summed E-state index contributed by atoms with van der Waals surface area (Å²) in [6.45, 7) is 5.68. The summed E-state index contributed by atoms with van der Waals surface area (Å²) in [6.07, 6.45) is 3.60. The zero-order valence-corrected chi connectivity index (χ0v) is 12.5. The molecule has 100 valence electrons. The summed E-state index contributed by atoms with van der Waals surface area (Å²) < 4.78 is 0.985. The Morgan fingerprint density at radius 3 is 2.58 bits per heavy atom. The number of thioether (sulfide) groups is 1. The summed E-state index contributed by atoms with van der Waals surface area (Å²) in [7, 11) is 0. The van der Waals surface area contributed by atoms with Crippen LogP contribution in [0.1, 0.15) is 26.3 Å². The van der Waals surface area contributed by atoms with Crippen molar-refractivity contribution < 1.29 is 4.74 Å². The van der Waals surface area contributed by atoms with Gasteiger partial charge in [-0.25, -0.2) is 9.72 Å². The number of hydrogen-bond donors (Lipinski definition) is 0. The first-order valence-electron chi connectivity index (χ1n) is 6.17. The van der Waals surface area contributed by atoms with E-state index in [1.807, 2.05) is 57.4 Å². The van der Waals surface area contributed by atoms with Gasteiger partial charge in [-0.3, -0.25) is 0 Å². The van der Waals surface area contributed by atoms with Crippen LogP contribution >= 0.6 is 11.8 Å². The van der Waals surface area contributed by atoms with Crippen LogP contribution in [-0.2, 0) is 0 Å². The first-order valence-corrected chi connectivity index (χ1v) is 7.39. The van der Waals surface area contributed by atoms with E-state index in [0.717, 1.165) is 26.2 Å². The van der Waals surface area contributed by atoms with E-state index in [1.54, 1.807) is 18.0 Å². The summed E-state index contributed by atoms with van der Waals surface area (Å²) in [5.74, 6) is 0. The van der Waals surface area contributed by atoms with Gasteiger partial charge in [0.25, 0.3) is 0 Å². The molecule has 0 bridgehead atoms. The molecule has 0 amide bonds. The van der Waals surface area contributed by atoms with Crippen molar-refractivity contribution in [3.8, 4) is 0 Å². The van der Waals surface area contributed by atoms with Gasteiger partial charge in [-0.1, -0.05) is 18.2 Å². The van der Waals surface area contributed by atoms with Crippen LogP contribution in [0, 0.1) is 5.21 Å². The van der Waals surface area contributed by atoms with Gasteiger partial charge in [-0.15, -0.1) is 11.8 Å². The molecule has 1 heterocycles. The third kappa shape index (κ3) is 3.07. The molecule has 1 aromatic carbocycles. The third-order valence-corrected chi connectivity index (χ3v) is 3.54. The molecule has 2 aromatic rings. The molecule has 1 aromatic heterocycles. The predicted molar refractivity (Wildman–Crippen MR) is 82.1 cm³/mol. The first kappa shape index (κ1) is 13.9. The summed E-state index contributed by atoms with van der Waals surface area (Å²) in [6, 6.07) is 9.96. The number of para-hydroxylation sites is 1. The summed E-state index contributed by atoms with van der Waals surface area (Å²) in [4.78, 5) is 4.59. The standard InChI is InChI=1S/C15H18N2OS/c1-15(2,3)17(18)10-12-9-11-7-5-6-8-13(11)16-14(12)19-4/h5-10H,1-4H3/b17-10-. The van der Waals surface area contributed by atoms with Crippen molar-refractivity contribution >= 4 is 28.9 Å². The second-order valence-corrected chi connectivity index (χ2v) is 6.20. The fraction of sp³-hybridized carbons (Fsp3) is 0.333. The zero-order valence-electron chi connectivity index (χ0n) is 11.7. The Bertz CT molecular complexity index is 630. The molecule has 0 N–H and O–H groups in total. The molecule has 2 rings (SSSR count). The molecule has 0 atom stereocenters. The lowest BCUT2D eigenvalue weighted by atomic mass is 10.1. The maximum absolute atomic E-state index is 12.1. The Balaban J connectivity index is 2.59. The maximum atomic E-state index is 12.1. The molecule has 0 fully saturated rings. The molecule has 0 radical (unpaired) electrons. The average Bonchev–Trinajstić information content (AvgIpc) is 2.36. The number of fused-ring (bicyclic) bond motifs is 1. The number of hydroxylamine groups is 1. The topological polar surface area (TPSA) is 39.0 Å². The Morgan fingerprint density at radius 2 is 1.95 bits per heavy atom. The van der Waals surface area contributed by atoms with E-state index >= 15 is 0 Å². The second kappa shape index (κ2) is 5.21. The first-order chi connectivity index (χ1) is 8.91. The Labute approximate surface area is 117 Å². The zero-order chi connectivity index (χ0) is 14.0. The number of rotatable bonds is 2. The predicted octanol–water partition coefficient (Wildman–Crippen LogP) is 3.68. The van der Waals surface area contributed by atoms with Gasteiger partial charge in [0.1, 0.15) is 5.03 Å². The highest BCUT2D eigenvalue weighted by Crippen LogP contribution is 2.22. The van der Waals surface area contributed by atoms with Gasteiger partial charge in [0, 0.05) is 26.2 Å². The number of hydrogen-bond acceptors (Lipinski definition) is 3. The Kier molecular flexibility index (Phi) is 3.80. The van der Waals surface area contributed by atoms with Gasteiger partial charge < -0.3 is 5.21 Å². The number of benzene rings is 1. The third-order valence-electron chi connectivity index (χ3n) is 2.83. The normalized spacial score (nSPS) is 12.9. The van der Waals surface area contributed by atoms with Gasteiger partial charge in [0.2, 0.25) is 0 Å². The molecule has 4 heteroatoms. The van der Waals surface area contributed by atoms with Crippen LogP contribution in [-0.4, -0.2) is 27.7 Å². The van der Waals surface area contributed by atoms with Crippen LogP contribution < -0.4 is 0 Å². The molecule has 0 unspecified atom stereocenters. The summed E-state index contributed by atoms with van der Waals surface area (Å²) in [5.41, 5.74) is 1.38. The van der Waals surface area contributed by atoms with Gasteiger partial charge in [-0.2, -0.15) is 0 Å². The molecular weight excluding hydrogens is 256 g/mol. The van der Waals surface area contributed by atoms with E-state index in [4.69, 9.17) is 0 Å². The van der Waals surface area contributed by atoms with Crippen LogP contribution in [0.15, 0.2) is 35.4 Å². The second-order valence-electron chi connectivity index (χ2n) is 5.41. The monoisotopic (exact) mass is 274 g/mol. The van der Waals surface area contributed by atoms with E-state index < -0.39 is 5.54 Å². The molecule has 3 nitrogen and oxygen atoms in total. The molecule has 0 aliphatic rings. The van der Waals surface area contributed by atoms with Gasteiger partial charge in [0.15, 0.2) is 11.8 Å². The lowest BCUT2D eigenvalue weighted by molar-refractivity contribution is -0.530. The van der Waals surface area contributed by atoms with Crippen molar-refractivity contribution in [3.05, 3.63) is 41.1 Å². The summed E-state index contributed by atoms with van der Waals surface area (Å²) >= 11 is 1.55. The van der Waals surface area contributed by atoms with E-state index in [2.05, 4.69) is 4.98 Å². The Morgan fingerprint density at radius 1 is 1.26 bits per heavy atom. The lowest BCUT2D eigenvalue weighted by Gasteiger charge is -2.19. The molecule has 0 saturated carbocycles. The number of pyridine rings is 1. The number of aromatic nitrogens is 1. The largest absolute Gasteiger partial charge is 0.623 e. The van der Waals surface area contributed by atoms with Crippen LogP contribution in [0.25, 0.3) is 10.9 Å². The molecule has 0 aliphatic carbocycles. The lowest BCUT2D eigenvalue weighted by Crippen LogP contribution is -2.29. The van der Waals surface area contributed by atoms with Crippen molar-refractivity contribution in [2.75, 3.05) is 6.26 Å². The van der Waals surface area contributed by atoms with Crippen molar-refractivity contribution in [1.29, 1.82) is 0 Å². The quantitative estimate of drug-likeness (QED) is 0.276. The van der Waals surface area contributed by atoms with Crippen LogP contribution in [0.2, 0.25) is 0 Å². The minimum Gasteiger partial charge on any atom is -0.623 e. The van der Waals surface area contributed by atoms with E-state index in [9.17, 15) is 5.21 Å². The number of nitrogens with zero attached hydrogens (tertiary/aromatic N) is 2. The fourth-order valence-electron chi connectivity index (χ4n) is 1.69.